The van der Waals surface area contributed by atoms with E-state index in [0.717, 1.165) is 38.5 Å². The van der Waals surface area contributed by atoms with Crippen molar-refractivity contribution in [2.24, 2.45) is 0 Å². The van der Waals surface area contributed by atoms with E-state index in [0.29, 0.717) is 36.8 Å². The van der Waals surface area contributed by atoms with E-state index in [4.69, 9.17) is 24.1 Å². The number of phenols is 2. The van der Waals surface area contributed by atoms with E-state index < -0.39 is 18.7 Å². The van der Waals surface area contributed by atoms with Crippen molar-refractivity contribution < 1.29 is 39.4 Å². The van der Waals surface area contributed by atoms with Gasteiger partial charge in [-0.2, -0.15) is 0 Å². The quantitative estimate of drug-likeness (QED) is 0.240. The summed E-state index contributed by atoms with van der Waals surface area (Å²) in [5, 5.41) is 40.7. The van der Waals surface area contributed by atoms with Gasteiger partial charge in [-0.3, -0.25) is 0 Å². The van der Waals surface area contributed by atoms with Crippen LogP contribution in [-0.4, -0.2) is 57.6 Å². The molecule has 2 aromatic rings. The van der Waals surface area contributed by atoms with Gasteiger partial charge in [0.1, 0.15) is 11.5 Å². The number of aromatic hydroxyl groups is 2. The number of para-hydroxylation sites is 2. The molecule has 2 heterocycles. The fourth-order valence-corrected chi connectivity index (χ4v) is 5.51. The number of unbranched alkanes of at least 4 members (excludes halogenated alkanes) is 1. The average Bonchev–Trinajstić information content (AvgIpc) is 2.93. The minimum Gasteiger partial charge on any atom is -0.507 e. The van der Waals surface area contributed by atoms with Crippen LogP contribution in [-0.2, 0) is 18.9 Å². The molecule has 7 atom stereocenters. The highest BCUT2D eigenvalue weighted by Gasteiger charge is 2.34. The van der Waals surface area contributed by atoms with Crippen LogP contribution in [0.25, 0.3) is 0 Å². The van der Waals surface area contributed by atoms with Crippen LogP contribution in [0.4, 0.5) is 0 Å². The Bertz CT molecular complexity index is 1000. The van der Waals surface area contributed by atoms with Gasteiger partial charge >= 0.3 is 0 Å². The molecule has 2 aliphatic rings. The Morgan fingerprint density at radius 1 is 0.718 bits per heavy atom. The molecule has 39 heavy (non-hydrogen) atoms. The minimum atomic E-state index is -0.691. The first-order chi connectivity index (χ1) is 19.0. The van der Waals surface area contributed by atoms with Crippen LogP contribution < -0.4 is 0 Å². The van der Waals surface area contributed by atoms with Crippen molar-refractivity contribution in [3.05, 3.63) is 59.7 Å². The third-order valence-electron chi connectivity index (χ3n) is 7.69. The Morgan fingerprint density at radius 2 is 1.23 bits per heavy atom. The summed E-state index contributed by atoms with van der Waals surface area (Å²) in [6, 6.07) is 14.1. The first-order valence-corrected chi connectivity index (χ1v) is 14.4. The Hall–Kier alpha value is -2.20. The van der Waals surface area contributed by atoms with Crippen LogP contribution in [0.5, 0.6) is 11.5 Å². The molecule has 0 spiro atoms. The summed E-state index contributed by atoms with van der Waals surface area (Å²) in [5.74, 6) is 0.295. The van der Waals surface area contributed by atoms with Gasteiger partial charge in [0.05, 0.1) is 30.5 Å². The van der Waals surface area contributed by atoms with Gasteiger partial charge < -0.3 is 39.4 Å². The van der Waals surface area contributed by atoms with Gasteiger partial charge in [0.15, 0.2) is 12.6 Å². The molecule has 0 radical (unpaired) electrons. The van der Waals surface area contributed by atoms with Crippen molar-refractivity contribution in [2.45, 2.75) is 114 Å². The summed E-state index contributed by atoms with van der Waals surface area (Å²) in [6.45, 7) is 2.24. The Balaban J connectivity index is 1.29. The molecule has 2 aliphatic heterocycles. The van der Waals surface area contributed by atoms with E-state index in [1.165, 1.54) is 0 Å². The lowest BCUT2D eigenvalue weighted by Crippen LogP contribution is -2.36. The highest BCUT2D eigenvalue weighted by Crippen LogP contribution is 2.38. The lowest BCUT2D eigenvalue weighted by atomic mass is 9.96. The van der Waals surface area contributed by atoms with Gasteiger partial charge in [-0.05, 0) is 63.5 Å². The first kappa shape index (κ1) is 29.8. The average molecular weight is 545 g/mol. The van der Waals surface area contributed by atoms with Gasteiger partial charge in [0.25, 0.3) is 0 Å². The lowest BCUT2D eigenvalue weighted by molar-refractivity contribution is -0.254. The molecule has 0 aromatic heterocycles. The van der Waals surface area contributed by atoms with Crippen molar-refractivity contribution in [3.63, 3.8) is 0 Å². The molecule has 8 heteroatoms. The number of rotatable bonds is 13. The smallest absolute Gasteiger partial charge is 0.188 e. The molecule has 4 rings (SSSR count). The second kappa shape index (κ2) is 15.0. The van der Waals surface area contributed by atoms with E-state index in [2.05, 4.69) is 6.92 Å². The third kappa shape index (κ3) is 8.64. The summed E-state index contributed by atoms with van der Waals surface area (Å²) >= 11 is 0. The summed E-state index contributed by atoms with van der Waals surface area (Å²) in [7, 11) is 0. The molecule has 2 fully saturated rings. The molecule has 0 amide bonds. The molecular formula is C31H44O8. The fraction of sp³-hybridized carbons (Fsp3) is 0.613. The maximum absolute atomic E-state index is 10.9. The number of phenolic OH excluding ortho intramolecular Hbond substituents is 2. The molecule has 0 saturated carbocycles. The van der Waals surface area contributed by atoms with E-state index in [-0.39, 0.29) is 42.5 Å². The van der Waals surface area contributed by atoms with Gasteiger partial charge in [0, 0.05) is 30.6 Å². The zero-order valence-corrected chi connectivity index (χ0v) is 22.9. The van der Waals surface area contributed by atoms with Crippen LogP contribution >= 0.6 is 0 Å². The third-order valence-corrected chi connectivity index (χ3v) is 7.69. The first-order valence-electron chi connectivity index (χ1n) is 14.4. The monoisotopic (exact) mass is 544 g/mol. The largest absolute Gasteiger partial charge is 0.507 e. The molecule has 2 saturated heterocycles. The summed E-state index contributed by atoms with van der Waals surface area (Å²) < 4.78 is 24.6. The van der Waals surface area contributed by atoms with Gasteiger partial charge in [-0.25, -0.2) is 0 Å². The topological polar surface area (TPSA) is 118 Å². The molecule has 0 bridgehead atoms. The number of aliphatic hydroxyl groups excluding tert-OH is 2. The highest BCUT2D eigenvalue weighted by atomic mass is 16.7. The van der Waals surface area contributed by atoms with Crippen LogP contribution in [0.1, 0.15) is 94.8 Å². The Kier molecular flexibility index (Phi) is 11.4. The van der Waals surface area contributed by atoms with E-state index in [1.54, 1.807) is 30.3 Å². The number of ether oxygens (including phenoxy) is 4. The Morgan fingerprint density at radius 3 is 1.79 bits per heavy atom. The van der Waals surface area contributed by atoms with Gasteiger partial charge in [-0.1, -0.05) is 43.3 Å². The number of hydrogen-bond acceptors (Lipinski definition) is 8. The second-order valence-corrected chi connectivity index (χ2v) is 10.7. The zero-order valence-electron chi connectivity index (χ0n) is 22.9. The predicted octanol–water partition coefficient (Wildman–Crippen LogP) is 5.64. The Labute approximate surface area is 231 Å². The fourth-order valence-electron chi connectivity index (χ4n) is 5.51. The van der Waals surface area contributed by atoms with Crippen molar-refractivity contribution in [2.75, 3.05) is 6.61 Å². The summed E-state index contributed by atoms with van der Waals surface area (Å²) in [4.78, 5) is 0. The molecular weight excluding hydrogens is 500 g/mol. The molecule has 0 aliphatic carbocycles. The van der Waals surface area contributed by atoms with Crippen LogP contribution in [0.2, 0.25) is 0 Å². The SMILES string of the molecule is CCC1CC(CCCC(O)CC2CC(CCCCO)OC(c3ccccc3O)O2)OC(c2ccccc2O)O1. The van der Waals surface area contributed by atoms with E-state index >= 15 is 0 Å². The zero-order chi connectivity index (χ0) is 27.6. The lowest BCUT2D eigenvalue weighted by Gasteiger charge is -2.37. The predicted molar refractivity (Wildman–Crippen MR) is 146 cm³/mol. The number of aliphatic hydroxyl groups is 2. The van der Waals surface area contributed by atoms with Crippen molar-refractivity contribution in [1.82, 2.24) is 0 Å². The van der Waals surface area contributed by atoms with Gasteiger partial charge in [-0.15, -0.1) is 0 Å². The minimum absolute atomic E-state index is 0.0128. The standard InChI is InChI=1S/C31H44O8/c1-2-22-19-24(38-30(36-22)26-13-3-5-15-28(26)34)12-9-10-21(33)18-25-20-23(11-7-8-17-32)37-31(39-25)27-14-4-6-16-29(27)35/h3-6,13-16,21-25,30-35H,2,7-12,17-20H2,1H3. The summed E-state index contributed by atoms with van der Waals surface area (Å²) in [6.07, 6.45) is 5.31. The van der Waals surface area contributed by atoms with Crippen molar-refractivity contribution in [1.29, 1.82) is 0 Å². The van der Waals surface area contributed by atoms with E-state index in [9.17, 15) is 15.3 Å². The second-order valence-electron chi connectivity index (χ2n) is 10.7. The summed E-state index contributed by atoms with van der Waals surface area (Å²) in [5.41, 5.74) is 1.23. The molecule has 7 unspecified atom stereocenters. The number of hydrogen-bond donors (Lipinski definition) is 4. The van der Waals surface area contributed by atoms with Crippen LogP contribution in [0.15, 0.2) is 48.5 Å². The van der Waals surface area contributed by atoms with Crippen LogP contribution in [0.3, 0.4) is 0 Å². The molecule has 2 aromatic carbocycles. The van der Waals surface area contributed by atoms with Gasteiger partial charge in [0.2, 0.25) is 0 Å². The van der Waals surface area contributed by atoms with Crippen molar-refractivity contribution >= 4 is 0 Å². The number of benzene rings is 2. The molecule has 8 nitrogen and oxygen atoms in total. The van der Waals surface area contributed by atoms with Crippen molar-refractivity contribution in [3.8, 4) is 11.5 Å². The maximum atomic E-state index is 10.9. The molecule has 4 N–H and O–H groups in total. The normalized spacial score (nSPS) is 28.3. The van der Waals surface area contributed by atoms with E-state index in [1.807, 2.05) is 18.2 Å². The maximum Gasteiger partial charge on any atom is 0.188 e. The van der Waals surface area contributed by atoms with Crippen LogP contribution in [0, 0.1) is 0 Å². The molecule has 216 valence electrons. The highest BCUT2D eigenvalue weighted by molar-refractivity contribution is 5.33.